The molecule has 0 bridgehead atoms. The van der Waals surface area contributed by atoms with Crippen molar-refractivity contribution < 1.29 is 64.7 Å². The predicted octanol–water partition coefficient (Wildman–Crippen LogP) is 2.81. The molecular formula is C43H62O13. The molecule has 8 N–H and O–H groups in total. The summed E-state index contributed by atoms with van der Waals surface area (Å²) in [6.07, 6.45) is -6.42. The fourth-order valence-corrected chi connectivity index (χ4v) is 13.4. The number of rotatable bonds is 7. The second-order valence-corrected chi connectivity index (χ2v) is 19.7. The summed E-state index contributed by atoms with van der Waals surface area (Å²) in [5.41, 5.74) is -2.61. The molecule has 0 amide bonds. The lowest BCUT2D eigenvalue weighted by molar-refractivity contribution is -0.328. The monoisotopic (exact) mass is 786 g/mol. The highest BCUT2D eigenvalue weighted by atomic mass is 16.7. The van der Waals surface area contributed by atoms with E-state index >= 15 is 0 Å². The van der Waals surface area contributed by atoms with Gasteiger partial charge in [0.15, 0.2) is 12.4 Å². The number of fused-ring (bicyclic) bond motifs is 7. The van der Waals surface area contributed by atoms with E-state index in [0.717, 1.165) is 12.0 Å². The first-order chi connectivity index (χ1) is 26.2. The number of allylic oxidation sites excluding steroid dienone is 2. The lowest BCUT2D eigenvalue weighted by Crippen LogP contribution is -2.72. The van der Waals surface area contributed by atoms with Crippen LogP contribution in [0.15, 0.2) is 42.0 Å². The molecule has 1 aliphatic heterocycles. The van der Waals surface area contributed by atoms with Gasteiger partial charge in [-0.15, -0.1) is 0 Å². The molecule has 312 valence electrons. The number of aliphatic hydroxyl groups is 7. The Morgan fingerprint density at radius 2 is 1.52 bits per heavy atom. The fraction of sp³-hybridized carbons (Fsp3) is 0.767. The molecule has 13 nitrogen and oxygen atoms in total. The van der Waals surface area contributed by atoms with Gasteiger partial charge in [0.25, 0.3) is 0 Å². The van der Waals surface area contributed by atoms with Crippen LogP contribution in [0.1, 0.15) is 96.8 Å². The zero-order chi connectivity index (χ0) is 41.0. The van der Waals surface area contributed by atoms with Crippen molar-refractivity contribution in [1.82, 2.24) is 0 Å². The van der Waals surface area contributed by atoms with E-state index < -0.39 is 101 Å². The third-order valence-electron chi connectivity index (χ3n) is 16.8. The van der Waals surface area contributed by atoms with Crippen molar-refractivity contribution in [3.8, 4) is 0 Å². The summed E-state index contributed by atoms with van der Waals surface area (Å²) in [5, 5.41) is 88.1. The maximum atomic E-state index is 13.3. The molecule has 1 heterocycles. The number of esters is 1. The molecular weight excluding hydrogens is 724 g/mol. The summed E-state index contributed by atoms with van der Waals surface area (Å²) >= 11 is 0. The first-order valence-corrected chi connectivity index (χ1v) is 20.3. The Morgan fingerprint density at radius 3 is 2.14 bits per heavy atom. The summed E-state index contributed by atoms with van der Waals surface area (Å²) in [4.78, 5) is 25.1. The van der Waals surface area contributed by atoms with Gasteiger partial charge < -0.3 is 55.1 Å². The van der Waals surface area contributed by atoms with Gasteiger partial charge in [-0.2, -0.15) is 0 Å². The maximum Gasteiger partial charge on any atom is 0.338 e. The Hall–Kier alpha value is -2.46. The van der Waals surface area contributed by atoms with Gasteiger partial charge >= 0.3 is 11.9 Å². The number of carboxylic acids is 1. The van der Waals surface area contributed by atoms with Crippen molar-refractivity contribution in [3.05, 3.63) is 47.5 Å². The van der Waals surface area contributed by atoms with Crippen molar-refractivity contribution in [2.75, 3.05) is 13.2 Å². The van der Waals surface area contributed by atoms with E-state index in [1.165, 1.54) is 0 Å². The quantitative estimate of drug-likeness (QED) is 0.113. The van der Waals surface area contributed by atoms with E-state index in [1.54, 1.807) is 30.3 Å². The average Bonchev–Trinajstić information content (AvgIpc) is 3.15. The van der Waals surface area contributed by atoms with Crippen molar-refractivity contribution >= 4 is 11.9 Å². The summed E-state index contributed by atoms with van der Waals surface area (Å²) in [7, 11) is 0. The SMILES string of the molecule is CC1(C)C[C@H]2C3=CC[C@@H]4[C@@]5(C)CC[C@H](O[C@@H]6O[C@H](C(=O)O)[C@@H](O)[C@H](O)[C@H]6O)[C@@](C)(CO)[C@@H]5CC[C@@]4(C)[C@]3(C)C[C@H](O)[C@@]2(CO)[C@@H](O)[C@@H]1OC(=O)c1ccccc1. The molecule has 0 unspecified atom stereocenters. The lowest BCUT2D eigenvalue weighted by Gasteiger charge is -2.72. The third-order valence-corrected chi connectivity index (χ3v) is 16.8. The minimum absolute atomic E-state index is 0.0672. The maximum absolute atomic E-state index is 13.3. The van der Waals surface area contributed by atoms with Gasteiger partial charge in [0.1, 0.15) is 30.5 Å². The van der Waals surface area contributed by atoms with Gasteiger partial charge in [0.05, 0.1) is 36.4 Å². The zero-order valence-corrected chi connectivity index (χ0v) is 33.4. The fourth-order valence-electron chi connectivity index (χ4n) is 13.4. The second kappa shape index (κ2) is 14.1. The van der Waals surface area contributed by atoms with Crippen LogP contribution in [-0.4, -0.2) is 121 Å². The van der Waals surface area contributed by atoms with E-state index in [4.69, 9.17) is 14.2 Å². The van der Waals surface area contributed by atoms with Crippen LogP contribution in [-0.2, 0) is 19.0 Å². The average molecular weight is 787 g/mol. The number of hydrogen-bond acceptors (Lipinski definition) is 12. The molecule has 5 fully saturated rings. The molecule has 17 atom stereocenters. The van der Waals surface area contributed by atoms with Crippen LogP contribution in [0.4, 0.5) is 0 Å². The molecule has 56 heavy (non-hydrogen) atoms. The minimum atomic E-state index is -1.84. The number of aliphatic hydroxyl groups excluding tert-OH is 7. The molecule has 1 aromatic rings. The molecule has 6 aliphatic rings. The van der Waals surface area contributed by atoms with E-state index in [0.29, 0.717) is 44.1 Å². The summed E-state index contributed by atoms with van der Waals surface area (Å²) in [5.74, 6) is -2.42. The zero-order valence-electron chi connectivity index (χ0n) is 33.4. The highest BCUT2D eigenvalue weighted by Crippen LogP contribution is 2.76. The number of carbonyl (C=O) groups is 2. The largest absolute Gasteiger partial charge is 0.479 e. The van der Waals surface area contributed by atoms with Crippen LogP contribution in [0.2, 0.25) is 0 Å². The van der Waals surface area contributed by atoms with Crippen LogP contribution in [0.25, 0.3) is 0 Å². The molecule has 7 rings (SSSR count). The lowest BCUT2D eigenvalue weighted by atomic mass is 9.33. The normalized spacial score (nSPS) is 49.6. The van der Waals surface area contributed by atoms with Gasteiger partial charge in [0, 0.05) is 10.8 Å². The van der Waals surface area contributed by atoms with E-state index in [-0.39, 0.29) is 29.3 Å². The van der Waals surface area contributed by atoms with Gasteiger partial charge in [-0.3, -0.25) is 0 Å². The molecule has 0 radical (unpaired) electrons. The van der Waals surface area contributed by atoms with Crippen molar-refractivity contribution in [3.63, 3.8) is 0 Å². The molecule has 0 aromatic heterocycles. The van der Waals surface area contributed by atoms with Gasteiger partial charge in [-0.1, -0.05) is 71.4 Å². The molecule has 4 saturated carbocycles. The minimum Gasteiger partial charge on any atom is -0.479 e. The highest BCUT2D eigenvalue weighted by molar-refractivity contribution is 5.89. The van der Waals surface area contributed by atoms with Gasteiger partial charge in [-0.25, -0.2) is 9.59 Å². The van der Waals surface area contributed by atoms with Crippen LogP contribution >= 0.6 is 0 Å². The first kappa shape index (κ1) is 41.7. The van der Waals surface area contributed by atoms with Gasteiger partial charge in [-0.05, 0) is 91.1 Å². The summed E-state index contributed by atoms with van der Waals surface area (Å²) < 4.78 is 17.9. The Morgan fingerprint density at radius 1 is 0.839 bits per heavy atom. The Labute approximate surface area is 328 Å². The van der Waals surface area contributed by atoms with E-state index in [2.05, 4.69) is 26.8 Å². The molecule has 5 aliphatic carbocycles. The first-order valence-electron chi connectivity index (χ1n) is 20.3. The Balaban J connectivity index is 1.19. The standard InChI is InChI=1S/C43H62O13/c1-38(2)18-24-23-12-13-26-39(3)16-15-28(54-37-31(49)29(47)30(48)32(55-37)35(51)52)40(4,20-44)25(39)14-17-41(26,5)42(23,6)19-27(46)43(24,21-45)33(50)34(38)56-36(53)22-10-8-7-9-11-22/h7-12,24-34,37,44-50H,13-21H2,1-6H3,(H,51,52)/t24-,25+,26+,27-,28-,29-,30-,31+,32-,33-,34-,37+,39-,40-,41+,42+,43-/m0/s1. The summed E-state index contributed by atoms with van der Waals surface area (Å²) in [6.45, 7) is 12.0. The van der Waals surface area contributed by atoms with Crippen LogP contribution in [0.3, 0.4) is 0 Å². The number of hydrogen-bond donors (Lipinski definition) is 8. The number of carboxylic acid groups (broad SMARTS) is 1. The van der Waals surface area contributed by atoms with Crippen LogP contribution < -0.4 is 0 Å². The van der Waals surface area contributed by atoms with Crippen LogP contribution in [0.5, 0.6) is 0 Å². The third kappa shape index (κ3) is 5.73. The number of carbonyl (C=O) groups excluding carboxylic acids is 1. The molecule has 1 aromatic carbocycles. The summed E-state index contributed by atoms with van der Waals surface area (Å²) in [6, 6.07) is 8.59. The number of aliphatic carboxylic acids is 1. The molecule has 13 heteroatoms. The number of benzene rings is 1. The van der Waals surface area contributed by atoms with E-state index in [9.17, 15) is 50.4 Å². The molecule has 0 spiro atoms. The Kier molecular flexibility index (Phi) is 10.5. The van der Waals surface area contributed by atoms with Crippen molar-refractivity contribution in [2.45, 2.75) is 142 Å². The number of ether oxygens (including phenoxy) is 3. The topological polar surface area (TPSA) is 224 Å². The predicted molar refractivity (Wildman–Crippen MR) is 201 cm³/mol. The van der Waals surface area contributed by atoms with Crippen molar-refractivity contribution in [2.24, 2.45) is 50.2 Å². The van der Waals surface area contributed by atoms with Crippen molar-refractivity contribution in [1.29, 1.82) is 0 Å². The smallest absolute Gasteiger partial charge is 0.338 e. The Bertz CT molecular complexity index is 1700. The van der Waals surface area contributed by atoms with Crippen LogP contribution in [0, 0.1) is 50.2 Å². The highest BCUT2D eigenvalue weighted by Gasteiger charge is 2.73. The second-order valence-electron chi connectivity index (χ2n) is 19.7. The van der Waals surface area contributed by atoms with E-state index in [1.807, 2.05) is 20.8 Å². The van der Waals surface area contributed by atoms with Gasteiger partial charge in [0.2, 0.25) is 0 Å². The molecule has 1 saturated heterocycles.